The van der Waals surface area contributed by atoms with Crippen molar-refractivity contribution in [2.75, 3.05) is 0 Å². The summed E-state index contributed by atoms with van der Waals surface area (Å²) in [6, 6.07) is 6.59. The fraction of sp³-hybridized carbons (Fsp3) is 0.400. The Hall–Kier alpha value is -0.910. The van der Waals surface area contributed by atoms with E-state index in [2.05, 4.69) is 0 Å². The molecule has 0 atom stereocenters. The minimum Gasteiger partial charge on any atom is -0.344 e. The number of aryl methyl sites for hydroxylation is 1. The van der Waals surface area contributed by atoms with Crippen LogP contribution in [-0.2, 0) is 14.3 Å². The molecular weight excluding hydrogens is 214 g/mol. The molecule has 1 aromatic rings. The number of rotatable bonds is 3. The van der Waals surface area contributed by atoms with Crippen LogP contribution in [0.3, 0.4) is 0 Å². The van der Waals surface area contributed by atoms with Crippen molar-refractivity contribution in [3.63, 3.8) is 0 Å². The first kappa shape index (κ1) is 14.1. The van der Waals surface area contributed by atoms with Crippen LogP contribution in [-0.4, -0.2) is 14.5 Å². The maximum absolute atomic E-state index is 11.5. The Labute approximate surface area is 91.0 Å². The van der Waals surface area contributed by atoms with Gasteiger partial charge in [-0.2, -0.15) is 8.42 Å². The summed E-state index contributed by atoms with van der Waals surface area (Å²) in [6.45, 7) is 5.27. The van der Waals surface area contributed by atoms with Crippen LogP contribution in [0.1, 0.15) is 19.4 Å². The molecule has 15 heavy (non-hydrogen) atoms. The van der Waals surface area contributed by atoms with Gasteiger partial charge in [0, 0.05) is 0 Å². The van der Waals surface area contributed by atoms with Crippen molar-refractivity contribution in [3.8, 4) is 0 Å². The highest BCUT2D eigenvalue weighted by Gasteiger charge is 2.16. The molecule has 0 aliphatic heterocycles. The molecule has 1 aromatic carbocycles. The molecule has 0 amide bonds. The minimum absolute atomic E-state index is 0. The van der Waals surface area contributed by atoms with Crippen molar-refractivity contribution in [2.45, 2.75) is 31.8 Å². The summed E-state index contributed by atoms with van der Waals surface area (Å²) in [5.74, 6) is 0. The first-order valence-corrected chi connectivity index (χ1v) is 5.82. The van der Waals surface area contributed by atoms with E-state index < -0.39 is 10.1 Å². The molecule has 0 bridgehead atoms. The molecule has 0 saturated heterocycles. The van der Waals surface area contributed by atoms with Gasteiger partial charge >= 0.3 is 0 Å². The lowest BCUT2D eigenvalue weighted by molar-refractivity contribution is 0.249. The molecule has 0 fully saturated rings. The average molecular weight is 231 g/mol. The second-order valence-corrected chi connectivity index (χ2v) is 4.98. The highest BCUT2D eigenvalue weighted by atomic mass is 32.2. The van der Waals surface area contributed by atoms with Crippen molar-refractivity contribution in [2.24, 2.45) is 0 Å². The van der Waals surface area contributed by atoms with Crippen LogP contribution in [0.25, 0.3) is 0 Å². The minimum atomic E-state index is -3.58. The fourth-order valence-corrected chi connectivity index (χ4v) is 2.10. The van der Waals surface area contributed by atoms with Gasteiger partial charge < -0.3 is 6.15 Å². The smallest absolute Gasteiger partial charge is 0.297 e. The zero-order valence-electron chi connectivity index (χ0n) is 9.23. The lowest BCUT2D eigenvalue weighted by atomic mass is 10.2. The van der Waals surface area contributed by atoms with Gasteiger partial charge in [-0.15, -0.1) is 0 Å². The van der Waals surface area contributed by atoms with E-state index in [1.807, 2.05) is 6.92 Å². The lowest BCUT2D eigenvalue weighted by Gasteiger charge is -2.08. The van der Waals surface area contributed by atoms with Crippen LogP contribution >= 0.6 is 0 Å². The van der Waals surface area contributed by atoms with Gasteiger partial charge in [0.25, 0.3) is 10.1 Å². The molecule has 0 aliphatic rings. The van der Waals surface area contributed by atoms with E-state index in [1.165, 1.54) is 0 Å². The number of benzene rings is 1. The van der Waals surface area contributed by atoms with Crippen molar-refractivity contribution in [1.82, 2.24) is 6.15 Å². The zero-order chi connectivity index (χ0) is 10.8. The largest absolute Gasteiger partial charge is 0.344 e. The van der Waals surface area contributed by atoms with E-state index in [0.29, 0.717) is 0 Å². The SMILES string of the molecule is Cc1ccc(S(=O)(=O)OC(C)C)cc1.N. The molecule has 0 heterocycles. The van der Waals surface area contributed by atoms with Crippen molar-refractivity contribution < 1.29 is 12.6 Å². The molecule has 3 N–H and O–H groups in total. The Bertz CT molecular complexity index is 395. The molecule has 4 nitrogen and oxygen atoms in total. The second kappa shape index (κ2) is 5.25. The van der Waals surface area contributed by atoms with Gasteiger partial charge in [-0.25, -0.2) is 0 Å². The van der Waals surface area contributed by atoms with Crippen LogP contribution in [0.5, 0.6) is 0 Å². The molecule has 1 rings (SSSR count). The molecule has 0 aromatic heterocycles. The molecule has 0 radical (unpaired) electrons. The fourth-order valence-electron chi connectivity index (χ4n) is 1.01. The van der Waals surface area contributed by atoms with Crippen molar-refractivity contribution in [3.05, 3.63) is 29.8 Å². The molecule has 0 aliphatic carbocycles. The molecular formula is C10H17NO3S. The standard InChI is InChI=1S/C10H14O3S.H3N/c1-8(2)13-14(11,12)10-6-4-9(3)5-7-10;/h4-8H,1-3H3;1H3. The molecule has 0 unspecified atom stereocenters. The topological polar surface area (TPSA) is 78.4 Å². The Morgan fingerprint density at radius 2 is 1.60 bits per heavy atom. The van der Waals surface area contributed by atoms with Crippen LogP contribution < -0.4 is 6.15 Å². The third-order valence-electron chi connectivity index (χ3n) is 1.63. The summed E-state index contributed by atoms with van der Waals surface area (Å²) in [5, 5.41) is 0. The third kappa shape index (κ3) is 3.99. The normalized spacial score (nSPS) is 11.2. The average Bonchev–Trinajstić information content (AvgIpc) is 2.02. The van der Waals surface area contributed by atoms with E-state index in [0.717, 1.165) is 5.56 Å². The predicted molar refractivity (Wildman–Crippen MR) is 59.6 cm³/mol. The van der Waals surface area contributed by atoms with Crippen molar-refractivity contribution in [1.29, 1.82) is 0 Å². The number of hydrogen-bond donors (Lipinski definition) is 1. The molecule has 86 valence electrons. The van der Waals surface area contributed by atoms with Crippen molar-refractivity contribution >= 4 is 10.1 Å². The Kier molecular flexibility index (Phi) is 4.93. The highest BCUT2D eigenvalue weighted by Crippen LogP contribution is 2.14. The molecule has 0 spiro atoms. The second-order valence-electron chi connectivity index (χ2n) is 3.41. The molecule has 5 heteroatoms. The van der Waals surface area contributed by atoms with Crippen LogP contribution in [0, 0.1) is 6.92 Å². The summed E-state index contributed by atoms with van der Waals surface area (Å²) in [5.41, 5.74) is 1.02. The monoisotopic (exact) mass is 231 g/mol. The summed E-state index contributed by atoms with van der Waals surface area (Å²) in [6.07, 6.45) is -0.332. The van der Waals surface area contributed by atoms with E-state index in [-0.39, 0.29) is 17.1 Å². The lowest BCUT2D eigenvalue weighted by Crippen LogP contribution is -2.12. The van der Waals surface area contributed by atoms with Crippen LogP contribution in [0.4, 0.5) is 0 Å². The van der Waals surface area contributed by atoms with Gasteiger partial charge in [-0.3, -0.25) is 4.18 Å². The summed E-state index contributed by atoms with van der Waals surface area (Å²) in [7, 11) is -3.58. The van der Waals surface area contributed by atoms with Gasteiger partial charge in [-0.1, -0.05) is 17.7 Å². The number of hydrogen-bond acceptors (Lipinski definition) is 4. The maximum Gasteiger partial charge on any atom is 0.297 e. The van der Waals surface area contributed by atoms with E-state index >= 15 is 0 Å². The first-order chi connectivity index (χ1) is 6.42. The summed E-state index contributed by atoms with van der Waals surface area (Å²) in [4.78, 5) is 0.205. The first-order valence-electron chi connectivity index (χ1n) is 4.42. The van der Waals surface area contributed by atoms with Crippen LogP contribution in [0.15, 0.2) is 29.2 Å². The maximum atomic E-state index is 11.5. The van der Waals surface area contributed by atoms with Gasteiger partial charge in [0.2, 0.25) is 0 Å². The Morgan fingerprint density at radius 1 is 1.13 bits per heavy atom. The summed E-state index contributed by atoms with van der Waals surface area (Å²) < 4.78 is 27.9. The Morgan fingerprint density at radius 3 is 2.00 bits per heavy atom. The van der Waals surface area contributed by atoms with E-state index in [9.17, 15) is 8.42 Å². The van der Waals surface area contributed by atoms with Crippen LogP contribution in [0.2, 0.25) is 0 Å². The van der Waals surface area contributed by atoms with Gasteiger partial charge in [0.1, 0.15) is 0 Å². The molecule has 0 saturated carbocycles. The van der Waals surface area contributed by atoms with E-state index in [4.69, 9.17) is 4.18 Å². The van der Waals surface area contributed by atoms with E-state index in [1.54, 1.807) is 38.1 Å². The van der Waals surface area contributed by atoms with Gasteiger partial charge in [0.15, 0.2) is 0 Å². The third-order valence-corrected chi connectivity index (χ3v) is 3.12. The summed E-state index contributed by atoms with van der Waals surface area (Å²) >= 11 is 0. The Balaban J connectivity index is 0.00000196. The zero-order valence-corrected chi connectivity index (χ0v) is 10.0. The van der Waals surface area contributed by atoms with Gasteiger partial charge in [-0.05, 0) is 32.9 Å². The quantitative estimate of drug-likeness (QED) is 0.809. The highest BCUT2D eigenvalue weighted by molar-refractivity contribution is 7.86. The predicted octanol–water partition coefficient (Wildman–Crippen LogP) is 2.27. The van der Waals surface area contributed by atoms with Gasteiger partial charge in [0.05, 0.1) is 11.0 Å².